The number of carbonyl (C=O) groups is 1. The third kappa shape index (κ3) is 5.46. The predicted octanol–water partition coefficient (Wildman–Crippen LogP) is 7.23. The zero-order valence-electron chi connectivity index (χ0n) is 18.9. The fraction of sp³-hybridized carbons (Fsp3) is 0.103. The van der Waals surface area contributed by atoms with Gasteiger partial charge < -0.3 is 10.1 Å². The van der Waals surface area contributed by atoms with Gasteiger partial charge in [0.1, 0.15) is 24.0 Å². The molecule has 0 aliphatic heterocycles. The average molecular weight is 467 g/mol. The summed E-state index contributed by atoms with van der Waals surface area (Å²) in [6, 6.07) is 27.2. The molecule has 1 amide bonds. The van der Waals surface area contributed by atoms with Gasteiger partial charge in [-0.15, -0.1) is 0 Å². The summed E-state index contributed by atoms with van der Waals surface area (Å²) in [4.78, 5) is 12.6. The minimum Gasteiger partial charge on any atom is -0.487 e. The highest BCUT2D eigenvalue weighted by atomic mass is 35.5. The van der Waals surface area contributed by atoms with Gasteiger partial charge in [0, 0.05) is 5.69 Å². The van der Waals surface area contributed by atoms with Crippen LogP contribution < -0.4 is 10.1 Å². The summed E-state index contributed by atoms with van der Waals surface area (Å²) in [5, 5.41) is 15.1. The van der Waals surface area contributed by atoms with Gasteiger partial charge in [-0.25, -0.2) is 0 Å². The Hall–Kier alpha value is -4.07. The van der Waals surface area contributed by atoms with Crippen LogP contribution in [0.3, 0.4) is 0 Å². The molecule has 4 nitrogen and oxygen atoms in total. The van der Waals surface area contributed by atoms with Gasteiger partial charge in [-0.2, -0.15) is 5.26 Å². The maximum Gasteiger partial charge on any atom is 0.266 e. The van der Waals surface area contributed by atoms with E-state index in [1.807, 2.05) is 56.3 Å². The average Bonchev–Trinajstić information content (AvgIpc) is 2.83. The van der Waals surface area contributed by atoms with Crippen molar-refractivity contribution in [3.8, 4) is 11.8 Å². The van der Waals surface area contributed by atoms with Crippen LogP contribution in [0.2, 0.25) is 5.02 Å². The second-order valence-electron chi connectivity index (χ2n) is 8.10. The minimum atomic E-state index is -0.470. The van der Waals surface area contributed by atoms with Crippen molar-refractivity contribution < 1.29 is 9.53 Å². The standard InChI is InChI=1S/C29H23ClN2O2/c1-19-7-11-27(20(2)13-19)32-29(33)25(17-31)14-21-9-12-28(26(30)16-21)34-18-22-8-10-23-5-3-4-6-24(23)15-22/h3-16H,18H2,1-2H3,(H,32,33)/b25-14+. The molecule has 4 aromatic rings. The highest BCUT2D eigenvalue weighted by Gasteiger charge is 2.12. The molecule has 5 heteroatoms. The van der Waals surface area contributed by atoms with E-state index < -0.39 is 5.91 Å². The van der Waals surface area contributed by atoms with Gasteiger partial charge in [0.05, 0.1) is 5.02 Å². The van der Waals surface area contributed by atoms with Crippen molar-refractivity contribution in [3.63, 3.8) is 0 Å². The molecule has 0 saturated heterocycles. The third-order valence-corrected chi connectivity index (χ3v) is 5.77. The van der Waals surface area contributed by atoms with Crippen molar-refractivity contribution in [2.75, 3.05) is 5.32 Å². The van der Waals surface area contributed by atoms with E-state index in [1.54, 1.807) is 18.2 Å². The lowest BCUT2D eigenvalue weighted by Crippen LogP contribution is -2.14. The van der Waals surface area contributed by atoms with Crippen molar-refractivity contribution in [1.82, 2.24) is 0 Å². The number of fused-ring (bicyclic) bond motifs is 1. The molecular formula is C29H23ClN2O2. The molecule has 4 aromatic carbocycles. The number of benzene rings is 4. The number of anilines is 1. The van der Waals surface area contributed by atoms with E-state index in [1.165, 1.54) is 11.5 Å². The Balaban J connectivity index is 1.46. The lowest BCUT2D eigenvalue weighted by molar-refractivity contribution is -0.112. The number of carbonyl (C=O) groups excluding carboxylic acids is 1. The Morgan fingerprint density at radius 2 is 1.79 bits per heavy atom. The van der Waals surface area contributed by atoms with E-state index >= 15 is 0 Å². The highest BCUT2D eigenvalue weighted by Crippen LogP contribution is 2.28. The number of nitrogens with one attached hydrogen (secondary N) is 1. The summed E-state index contributed by atoms with van der Waals surface area (Å²) in [6.45, 7) is 4.27. The van der Waals surface area contributed by atoms with E-state index in [9.17, 15) is 10.1 Å². The smallest absolute Gasteiger partial charge is 0.266 e. The fourth-order valence-electron chi connectivity index (χ4n) is 3.67. The SMILES string of the molecule is Cc1ccc(NC(=O)/C(C#N)=C/c2ccc(OCc3ccc4ccccc4c3)c(Cl)c2)c(C)c1. The Kier molecular flexibility index (Phi) is 6.96. The van der Waals surface area contributed by atoms with Gasteiger partial charge in [-0.05, 0) is 71.7 Å². The maximum atomic E-state index is 12.6. The Labute approximate surface area is 204 Å². The first-order valence-electron chi connectivity index (χ1n) is 10.8. The molecule has 0 saturated carbocycles. The van der Waals surface area contributed by atoms with Crippen LogP contribution in [0.4, 0.5) is 5.69 Å². The summed E-state index contributed by atoms with van der Waals surface area (Å²) in [5.41, 5.74) is 4.36. The van der Waals surface area contributed by atoms with Gasteiger partial charge >= 0.3 is 0 Å². The molecule has 0 aliphatic rings. The number of nitrogens with zero attached hydrogens (tertiary/aromatic N) is 1. The number of aryl methyl sites for hydroxylation is 2. The van der Waals surface area contributed by atoms with E-state index in [-0.39, 0.29) is 5.57 Å². The molecule has 34 heavy (non-hydrogen) atoms. The van der Waals surface area contributed by atoms with Crippen LogP contribution in [0.1, 0.15) is 22.3 Å². The number of nitriles is 1. The first-order valence-corrected chi connectivity index (χ1v) is 11.2. The van der Waals surface area contributed by atoms with Crippen LogP contribution in [0.15, 0.2) is 84.4 Å². The summed E-state index contributed by atoms with van der Waals surface area (Å²) >= 11 is 6.42. The summed E-state index contributed by atoms with van der Waals surface area (Å²) in [7, 11) is 0. The molecule has 0 radical (unpaired) electrons. The van der Waals surface area contributed by atoms with Crippen LogP contribution >= 0.6 is 11.6 Å². The topological polar surface area (TPSA) is 62.1 Å². The summed E-state index contributed by atoms with van der Waals surface area (Å²) in [6.07, 6.45) is 1.51. The molecule has 0 spiro atoms. The van der Waals surface area contributed by atoms with Crippen LogP contribution in [0.25, 0.3) is 16.8 Å². The quantitative estimate of drug-likeness (QED) is 0.241. The van der Waals surface area contributed by atoms with Gasteiger partial charge in [0.2, 0.25) is 0 Å². The van der Waals surface area contributed by atoms with E-state index in [0.717, 1.165) is 22.1 Å². The van der Waals surface area contributed by atoms with Crippen LogP contribution in [0.5, 0.6) is 5.75 Å². The van der Waals surface area contributed by atoms with E-state index in [0.29, 0.717) is 28.6 Å². The number of rotatable bonds is 6. The fourth-order valence-corrected chi connectivity index (χ4v) is 3.92. The lowest BCUT2D eigenvalue weighted by atomic mass is 10.1. The second-order valence-corrected chi connectivity index (χ2v) is 8.51. The predicted molar refractivity (Wildman–Crippen MR) is 138 cm³/mol. The van der Waals surface area contributed by atoms with Gasteiger partial charge in [0.15, 0.2) is 0 Å². The van der Waals surface area contributed by atoms with Crippen molar-refractivity contribution in [3.05, 3.63) is 112 Å². The minimum absolute atomic E-state index is 0.0131. The van der Waals surface area contributed by atoms with E-state index in [2.05, 4.69) is 29.6 Å². The molecular weight excluding hydrogens is 444 g/mol. The molecule has 0 atom stereocenters. The Bertz CT molecular complexity index is 1450. The molecule has 0 heterocycles. The van der Waals surface area contributed by atoms with Gasteiger partial charge in [0.25, 0.3) is 5.91 Å². The number of hydrogen-bond acceptors (Lipinski definition) is 3. The second kappa shape index (κ2) is 10.2. The molecule has 0 fully saturated rings. The molecule has 0 aliphatic carbocycles. The first-order chi connectivity index (χ1) is 16.4. The molecule has 0 unspecified atom stereocenters. The van der Waals surface area contributed by atoms with Crippen molar-refractivity contribution in [2.24, 2.45) is 0 Å². The maximum absolute atomic E-state index is 12.6. The van der Waals surface area contributed by atoms with Crippen molar-refractivity contribution in [2.45, 2.75) is 20.5 Å². The van der Waals surface area contributed by atoms with Crippen LogP contribution in [0, 0.1) is 25.2 Å². The number of halogens is 1. The molecule has 1 N–H and O–H groups in total. The molecule has 4 rings (SSSR count). The largest absolute Gasteiger partial charge is 0.487 e. The Morgan fingerprint density at radius 1 is 1.00 bits per heavy atom. The first kappa shape index (κ1) is 23.1. The Morgan fingerprint density at radius 3 is 2.53 bits per heavy atom. The highest BCUT2D eigenvalue weighted by molar-refractivity contribution is 6.32. The number of amides is 1. The molecule has 0 bridgehead atoms. The van der Waals surface area contributed by atoms with E-state index in [4.69, 9.17) is 16.3 Å². The molecule has 168 valence electrons. The third-order valence-electron chi connectivity index (χ3n) is 5.47. The van der Waals surface area contributed by atoms with Gasteiger partial charge in [-0.3, -0.25) is 4.79 Å². The van der Waals surface area contributed by atoms with Crippen LogP contribution in [-0.4, -0.2) is 5.91 Å². The number of hydrogen-bond donors (Lipinski definition) is 1. The van der Waals surface area contributed by atoms with Crippen LogP contribution in [-0.2, 0) is 11.4 Å². The van der Waals surface area contributed by atoms with Crippen molar-refractivity contribution >= 4 is 40.0 Å². The van der Waals surface area contributed by atoms with Crippen molar-refractivity contribution in [1.29, 1.82) is 5.26 Å². The zero-order chi connectivity index (χ0) is 24.1. The normalized spacial score (nSPS) is 11.2. The lowest BCUT2D eigenvalue weighted by Gasteiger charge is -2.10. The summed E-state index contributed by atoms with van der Waals surface area (Å²) in [5.74, 6) is 0.0624. The van der Waals surface area contributed by atoms with Gasteiger partial charge in [-0.1, -0.05) is 71.8 Å². The summed E-state index contributed by atoms with van der Waals surface area (Å²) < 4.78 is 5.91. The zero-order valence-corrected chi connectivity index (χ0v) is 19.7. The monoisotopic (exact) mass is 466 g/mol. The molecule has 0 aromatic heterocycles. The number of ether oxygens (including phenoxy) is 1.